The van der Waals surface area contributed by atoms with Crippen LogP contribution in [0.25, 0.3) is 0 Å². The Morgan fingerprint density at radius 3 is 2.25 bits per heavy atom. The molecule has 2 aliphatic heterocycles. The molecule has 1 amide bonds. The van der Waals surface area contributed by atoms with Gasteiger partial charge in [-0.15, -0.1) is 0 Å². The summed E-state index contributed by atoms with van der Waals surface area (Å²) >= 11 is 0. The first kappa shape index (κ1) is 8.05. The number of hydrogen-bond donors (Lipinski definition) is 0. The van der Waals surface area contributed by atoms with Crippen molar-refractivity contribution in [1.29, 1.82) is 0 Å². The van der Waals surface area contributed by atoms with Gasteiger partial charge in [-0.1, -0.05) is 0 Å². The molecule has 0 N–H and O–H groups in total. The summed E-state index contributed by atoms with van der Waals surface area (Å²) in [5.41, 5.74) is -0.0603. The van der Waals surface area contributed by atoms with Crippen LogP contribution in [0.1, 0.15) is 13.3 Å². The normalized spacial score (nSPS) is 27.7. The summed E-state index contributed by atoms with van der Waals surface area (Å²) in [6.45, 7) is 5.91. The number of carbonyl (C=O) groups is 1. The van der Waals surface area contributed by atoms with E-state index in [0.29, 0.717) is 5.91 Å². The van der Waals surface area contributed by atoms with E-state index in [9.17, 15) is 4.79 Å². The lowest BCUT2D eigenvalue weighted by molar-refractivity contribution is -0.153. The van der Waals surface area contributed by atoms with Crippen molar-refractivity contribution in [2.75, 3.05) is 33.2 Å². The van der Waals surface area contributed by atoms with Crippen molar-refractivity contribution < 1.29 is 4.79 Å². The molecule has 2 fully saturated rings. The van der Waals surface area contributed by atoms with E-state index in [1.54, 1.807) is 0 Å². The minimum atomic E-state index is -0.0603. The first-order chi connectivity index (χ1) is 5.62. The van der Waals surface area contributed by atoms with Crippen molar-refractivity contribution in [3.8, 4) is 0 Å². The second kappa shape index (κ2) is 2.46. The highest BCUT2D eigenvalue weighted by Crippen LogP contribution is 2.31. The van der Waals surface area contributed by atoms with Gasteiger partial charge in [0, 0.05) is 26.2 Å². The molecule has 0 aromatic heterocycles. The van der Waals surface area contributed by atoms with Gasteiger partial charge in [0.2, 0.25) is 5.91 Å². The molecule has 68 valence electrons. The summed E-state index contributed by atoms with van der Waals surface area (Å²) < 4.78 is 0. The van der Waals surface area contributed by atoms with Gasteiger partial charge in [0.1, 0.15) is 0 Å². The number of nitrogens with zero attached hydrogens (tertiary/aromatic N) is 2. The van der Waals surface area contributed by atoms with Crippen LogP contribution in [0.4, 0.5) is 0 Å². The minimum absolute atomic E-state index is 0.0603. The molecule has 0 saturated carbocycles. The Hall–Kier alpha value is -0.570. The predicted octanol–water partition coefficient (Wildman–Crippen LogP) is 0.170. The molecule has 0 spiro atoms. The zero-order valence-corrected chi connectivity index (χ0v) is 7.84. The van der Waals surface area contributed by atoms with E-state index in [-0.39, 0.29) is 5.41 Å². The summed E-state index contributed by atoms with van der Waals surface area (Å²) in [5.74, 6) is 0.367. The van der Waals surface area contributed by atoms with Gasteiger partial charge in [0.05, 0.1) is 5.41 Å². The van der Waals surface area contributed by atoms with Crippen LogP contribution in [0.3, 0.4) is 0 Å². The number of carbonyl (C=O) groups excluding carboxylic acids is 1. The molecule has 2 aliphatic rings. The third-order valence-corrected chi connectivity index (χ3v) is 2.90. The van der Waals surface area contributed by atoms with E-state index in [2.05, 4.69) is 18.9 Å². The Balaban J connectivity index is 1.95. The van der Waals surface area contributed by atoms with Crippen LogP contribution in [-0.2, 0) is 4.79 Å². The third kappa shape index (κ3) is 1.04. The fraction of sp³-hybridized carbons (Fsp3) is 0.889. The number of amides is 1. The lowest BCUT2D eigenvalue weighted by Crippen LogP contribution is -2.62. The van der Waals surface area contributed by atoms with Crippen LogP contribution >= 0.6 is 0 Å². The molecule has 0 aromatic carbocycles. The molecule has 3 nitrogen and oxygen atoms in total. The molecule has 12 heavy (non-hydrogen) atoms. The van der Waals surface area contributed by atoms with E-state index in [1.165, 1.54) is 6.42 Å². The van der Waals surface area contributed by atoms with E-state index >= 15 is 0 Å². The number of hydrogen-bond acceptors (Lipinski definition) is 2. The molecule has 2 heterocycles. The van der Waals surface area contributed by atoms with Crippen molar-refractivity contribution >= 4 is 5.91 Å². The topological polar surface area (TPSA) is 23.6 Å². The van der Waals surface area contributed by atoms with Crippen molar-refractivity contribution in [3.63, 3.8) is 0 Å². The summed E-state index contributed by atoms with van der Waals surface area (Å²) in [5, 5.41) is 0. The zero-order chi connectivity index (χ0) is 8.77. The maximum atomic E-state index is 11.8. The predicted molar refractivity (Wildman–Crippen MR) is 46.8 cm³/mol. The van der Waals surface area contributed by atoms with Crippen molar-refractivity contribution in [2.45, 2.75) is 13.3 Å². The molecule has 0 bridgehead atoms. The molecule has 2 saturated heterocycles. The summed E-state index contributed by atoms with van der Waals surface area (Å²) in [7, 11) is 2.06. The van der Waals surface area contributed by atoms with Crippen LogP contribution in [0.15, 0.2) is 0 Å². The van der Waals surface area contributed by atoms with Gasteiger partial charge >= 0.3 is 0 Å². The highest BCUT2D eigenvalue weighted by Gasteiger charge is 2.46. The lowest BCUT2D eigenvalue weighted by Gasteiger charge is -2.48. The summed E-state index contributed by atoms with van der Waals surface area (Å²) in [6.07, 6.45) is 1.19. The Morgan fingerprint density at radius 2 is 1.92 bits per heavy atom. The van der Waals surface area contributed by atoms with E-state index < -0.39 is 0 Å². The van der Waals surface area contributed by atoms with E-state index in [0.717, 1.165) is 26.2 Å². The van der Waals surface area contributed by atoms with E-state index in [4.69, 9.17) is 0 Å². The lowest BCUT2D eigenvalue weighted by atomic mass is 9.80. The van der Waals surface area contributed by atoms with E-state index in [1.807, 2.05) is 4.90 Å². The maximum absolute atomic E-state index is 11.8. The van der Waals surface area contributed by atoms with Crippen LogP contribution in [0, 0.1) is 5.41 Å². The van der Waals surface area contributed by atoms with Gasteiger partial charge in [0.25, 0.3) is 0 Å². The number of likely N-dealkylation sites (tertiary alicyclic amines) is 2. The monoisotopic (exact) mass is 168 g/mol. The van der Waals surface area contributed by atoms with Gasteiger partial charge in [-0.3, -0.25) is 4.79 Å². The first-order valence-electron chi connectivity index (χ1n) is 4.60. The van der Waals surface area contributed by atoms with Crippen LogP contribution in [-0.4, -0.2) is 48.9 Å². The zero-order valence-electron chi connectivity index (χ0n) is 7.84. The quantitative estimate of drug-likeness (QED) is 0.557. The van der Waals surface area contributed by atoms with Crippen molar-refractivity contribution in [3.05, 3.63) is 0 Å². The molecular formula is C9H16N2O. The molecule has 0 unspecified atom stereocenters. The summed E-state index contributed by atoms with van der Waals surface area (Å²) in [6, 6.07) is 0. The fourth-order valence-corrected chi connectivity index (χ4v) is 2.18. The second-order valence-corrected chi connectivity index (χ2v) is 4.38. The molecule has 0 aliphatic carbocycles. The smallest absolute Gasteiger partial charge is 0.231 e. The highest BCUT2D eigenvalue weighted by molar-refractivity contribution is 5.84. The van der Waals surface area contributed by atoms with Gasteiger partial charge in [-0.05, 0) is 20.4 Å². The maximum Gasteiger partial charge on any atom is 0.231 e. The van der Waals surface area contributed by atoms with Gasteiger partial charge < -0.3 is 9.80 Å². The summed E-state index contributed by atoms with van der Waals surface area (Å²) in [4.78, 5) is 15.9. The SMILES string of the molecule is CN1CC(C)(C(=O)N2CCC2)C1. The molecule has 0 aromatic rings. The minimum Gasteiger partial charge on any atom is -0.342 e. The molecule has 2 rings (SSSR count). The van der Waals surface area contributed by atoms with Crippen LogP contribution in [0.2, 0.25) is 0 Å². The van der Waals surface area contributed by atoms with Gasteiger partial charge in [0.15, 0.2) is 0 Å². The molecule has 0 atom stereocenters. The third-order valence-electron chi connectivity index (χ3n) is 2.90. The van der Waals surface area contributed by atoms with Gasteiger partial charge in [-0.2, -0.15) is 0 Å². The second-order valence-electron chi connectivity index (χ2n) is 4.38. The molecular weight excluding hydrogens is 152 g/mol. The van der Waals surface area contributed by atoms with Crippen molar-refractivity contribution in [1.82, 2.24) is 9.80 Å². The Morgan fingerprint density at radius 1 is 1.33 bits per heavy atom. The van der Waals surface area contributed by atoms with Crippen LogP contribution < -0.4 is 0 Å². The van der Waals surface area contributed by atoms with Crippen LogP contribution in [0.5, 0.6) is 0 Å². The van der Waals surface area contributed by atoms with Crippen molar-refractivity contribution in [2.24, 2.45) is 5.41 Å². The molecule has 3 heteroatoms. The standard InChI is InChI=1S/C9H16N2O/c1-9(6-10(2)7-9)8(12)11-4-3-5-11/h3-7H2,1-2H3. The fourth-order valence-electron chi connectivity index (χ4n) is 2.18. The Bertz CT molecular complexity index is 205. The average Bonchev–Trinajstić information content (AvgIpc) is 1.80. The average molecular weight is 168 g/mol. The number of rotatable bonds is 1. The Labute approximate surface area is 73.3 Å². The molecule has 0 radical (unpaired) electrons. The highest BCUT2D eigenvalue weighted by atomic mass is 16.2. The largest absolute Gasteiger partial charge is 0.342 e. The first-order valence-corrected chi connectivity index (χ1v) is 4.60. The Kier molecular flexibility index (Phi) is 1.65. The van der Waals surface area contributed by atoms with Gasteiger partial charge in [-0.25, -0.2) is 0 Å².